The molecule has 0 aromatic carbocycles. The third kappa shape index (κ3) is 1.56. The monoisotopic (exact) mass is 239 g/mol. The van der Waals surface area contributed by atoms with Crippen molar-refractivity contribution in [3.05, 3.63) is 0 Å². The lowest BCUT2D eigenvalue weighted by Gasteiger charge is -2.34. The van der Waals surface area contributed by atoms with E-state index in [1.165, 1.54) is 6.92 Å². The maximum absolute atomic E-state index is 12.2. The van der Waals surface area contributed by atoms with Crippen LogP contribution in [0, 0.1) is 11.3 Å². The van der Waals surface area contributed by atoms with Crippen LogP contribution in [0.2, 0.25) is 0 Å². The third-order valence-electron chi connectivity index (χ3n) is 3.89. The normalized spacial score (nSPS) is 27.1. The molecule has 1 heterocycles. The van der Waals surface area contributed by atoms with E-state index in [1.54, 1.807) is 13.8 Å². The molecular weight excluding hydrogens is 222 g/mol. The molecule has 2 rings (SSSR count). The van der Waals surface area contributed by atoms with E-state index in [2.05, 4.69) is 0 Å². The van der Waals surface area contributed by atoms with Crippen LogP contribution in [0.25, 0.3) is 0 Å². The molecule has 1 N–H and O–H groups in total. The first-order valence-corrected chi connectivity index (χ1v) is 5.82. The maximum Gasteiger partial charge on any atom is 0.330 e. The summed E-state index contributed by atoms with van der Waals surface area (Å²) in [4.78, 5) is 36.5. The van der Waals surface area contributed by atoms with Crippen LogP contribution in [-0.4, -0.2) is 33.3 Å². The van der Waals surface area contributed by atoms with Crippen LogP contribution < -0.4 is 0 Å². The summed E-state index contributed by atoms with van der Waals surface area (Å²) in [5, 5.41) is 9.36. The summed E-state index contributed by atoms with van der Waals surface area (Å²) in [5.41, 5.74) is -2.13. The Hall–Kier alpha value is -1.39. The van der Waals surface area contributed by atoms with Crippen molar-refractivity contribution < 1.29 is 19.5 Å². The molecule has 1 aliphatic carbocycles. The van der Waals surface area contributed by atoms with Crippen LogP contribution >= 0.6 is 0 Å². The van der Waals surface area contributed by atoms with Crippen LogP contribution in [0.4, 0.5) is 0 Å². The number of aliphatic carboxylic acids is 1. The Bertz CT molecular complexity index is 411. The van der Waals surface area contributed by atoms with Gasteiger partial charge in [0.1, 0.15) is 5.54 Å². The fourth-order valence-electron chi connectivity index (χ4n) is 2.52. The molecule has 2 fully saturated rings. The van der Waals surface area contributed by atoms with Crippen LogP contribution in [0.15, 0.2) is 0 Å². The molecule has 5 heteroatoms. The zero-order valence-corrected chi connectivity index (χ0v) is 10.3. The van der Waals surface area contributed by atoms with Crippen LogP contribution in [0.3, 0.4) is 0 Å². The van der Waals surface area contributed by atoms with Gasteiger partial charge in [0, 0.05) is 6.42 Å². The van der Waals surface area contributed by atoms with Gasteiger partial charge in [-0.2, -0.15) is 0 Å². The van der Waals surface area contributed by atoms with Crippen LogP contribution in [0.1, 0.15) is 40.0 Å². The molecule has 0 aromatic heterocycles. The zero-order valence-electron chi connectivity index (χ0n) is 10.3. The topological polar surface area (TPSA) is 74.7 Å². The predicted molar refractivity (Wildman–Crippen MR) is 59.0 cm³/mol. The first-order valence-electron chi connectivity index (χ1n) is 5.82. The van der Waals surface area contributed by atoms with Gasteiger partial charge in [0.05, 0.1) is 5.41 Å². The van der Waals surface area contributed by atoms with E-state index in [4.69, 9.17) is 0 Å². The number of carboxylic acids is 1. The van der Waals surface area contributed by atoms with Crippen molar-refractivity contribution in [1.29, 1.82) is 0 Å². The summed E-state index contributed by atoms with van der Waals surface area (Å²) in [5.74, 6) is -1.91. The molecule has 2 amide bonds. The number of hydrogen-bond acceptors (Lipinski definition) is 3. The van der Waals surface area contributed by atoms with Gasteiger partial charge in [0.25, 0.3) is 0 Å². The van der Waals surface area contributed by atoms with Gasteiger partial charge >= 0.3 is 5.97 Å². The molecule has 1 saturated heterocycles. The minimum absolute atomic E-state index is 0.0956. The van der Waals surface area contributed by atoms with Crippen LogP contribution in [0.5, 0.6) is 0 Å². The number of carbonyl (C=O) groups excluding carboxylic acids is 2. The van der Waals surface area contributed by atoms with Crippen molar-refractivity contribution in [2.24, 2.45) is 11.3 Å². The molecule has 1 aliphatic heterocycles. The predicted octanol–water partition coefficient (Wildman–Crippen LogP) is 1.02. The number of imide groups is 1. The molecule has 5 nitrogen and oxygen atoms in total. The highest BCUT2D eigenvalue weighted by atomic mass is 16.4. The molecule has 1 saturated carbocycles. The lowest BCUT2D eigenvalue weighted by molar-refractivity contribution is -0.164. The molecule has 1 unspecified atom stereocenters. The van der Waals surface area contributed by atoms with Crippen molar-refractivity contribution in [3.8, 4) is 0 Å². The van der Waals surface area contributed by atoms with E-state index in [0.717, 1.165) is 17.7 Å². The molecule has 0 aromatic rings. The number of carbonyl (C=O) groups is 3. The zero-order chi connectivity index (χ0) is 13.0. The van der Waals surface area contributed by atoms with Crippen molar-refractivity contribution in [1.82, 2.24) is 4.90 Å². The standard InChI is InChI=1S/C12H17NO4/c1-11(2)6-8(14)13(9(11)15)12(3,10(16)17)7-4-5-7/h7H,4-6H2,1-3H3,(H,16,17). The van der Waals surface area contributed by atoms with Crippen molar-refractivity contribution in [2.45, 2.75) is 45.6 Å². The SMILES string of the molecule is CC1(C)CC(=O)N(C(C)(C(=O)O)C2CC2)C1=O. The van der Waals surface area contributed by atoms with E-state index in [1.807, 2.05) is 0 Å². The Kier molecular flexibility index (Phi) is 2.35. The number of hydrogen-bond donors (Lipinski definition) is 1. The second kappa shape index (κ2) is 3.31. The second-order valence-corrected chi connectivity index (χ2v) is 5.82. The number of likely N-dealkylation sites (tertiary alicyclic amines) is 1. The van der Waals surface area contributed by atoms with Gasteiger partial charge in [0.2, 0.25) is 11.8 Å². The fraction of sp³-hybridized carbons (Fsp3) is 0.750. The third-order valence-corrected chi connectivity index (χ3v) is 3.89. The Morgan fingerprint density at radius 2 is 1.94 bits per heavy atom. The number of rotatable bonds is 3. The summed E-state index contributed by atoms with van der Waals surface area (Å²) in [6.45, 7) is 4.86. The molecule has 1 atom stereocenters. The van der Waals surface area contributed by atoms with Gasteiger partial charge in [-0.05, 0) is 25.7 Å². The summed E-state index contributed by atoms with van der Waals surface area (Å²) < 4.78 is 0. The molecule has 0 radical (unpaired) electrons. The largest absolute Gasteiger partial charge is 0.479 e. The van der Waals surface area contributed by atoms with Crippen LogP contribution in [-0.2, 0) is 14.4 Å². The van der Waals surface area contributed by atoms with Gasteiger partial charge < -0.3 is 5.11 Å². The smallest absolute Gasteiger partial charge is 0.330 e. The first-order chi connectivity index (χ1) is 7.71. The second-order valence-electron chi connectivity index (χ2n) is 5.82. The molecule has 2 aliphatic rings. The summed E-state index contributed by atoms with van der Waals surface area (Å²) >= 11 is 0. The quantitative estimate of drug-likeness (QED) is 0.746. The highest BCUT2D eigenvalue weighted by Gasteiger charge is 2.60. The Labute approximate surface area is 99.8 Å². The van der Waals surface area contributed by atoms with E-state index in [9.17, 15) is 19.5 Å². The molecular formula is C12H17NO4. The Morgan fingerprint density at radius 3 is 2.24 bits per heavy atom. The van der Waals surface area contributed by atoms with E-state index >= 15 is 0 Å². The number of amides is 2. The fourth-order valence-corrected chi connectivity index (χ4v) is 2.52. The van der Waals surface area contributed by atoms with Crippen molar-refractivity contribution in [2.75, 3.05) is 0 Å². The van der Waals surface area contributed by atoms with Crippen molar-refractivity contribution >= 4 is 17.8 Å². The van der Waals surface area contributed by atoms with Gasteiger partial charge in [-0.3, -0.25) is 14.5 Å². The minimum Gasteiger partial charge on any atom is -0.479 e. The Balaban J connectivity index is 2.42. The summed E-state index contributed by atoms with van der Waals surface area (Å²) in [6.07, 6.45) is 1.63. The average Bonchev–Trinajstić information content (AvgIpc) is 2.96. The lowest BCUT2D eigenvalue weighted by atomic mass is 9.90. The average molecular weight is 239 g/mol. The van der Waals surface area contributed by atoms with Crippen molar-refractivity contribution in [3.63, 3.8) is 0 Å². The van der Waals surface area contributed by atoms with Gasteiger partial charge in [-0.25, -0.2) is 4.79 Å². The highest BCUT2D eigenvalue weighted by molar-refractivity contribution is 6.09. The maximum atomic E-state index is 12.2. The van der Waals surface area contributed by atoms with E-state index in [0.29, 0.717) is 0 Å². The summed E-state index contributed by atoms with van der Waals surface area (Å²) in [7, 11) is 0. The van der Waals surface area contributed by atoms with E-state index < -0.39 is 16.9 Å². The molecule has 94 valence electrons. The van der Waals surface area contributed by atoms with Gasteiger partial charge in [0.15, 0.2) is 0 Å². The molecule has 0 bridgehead atoms. The van der Waals surface area contributed by atoms with Gasteiger partial charge in [-0.15, -0.1) is 0 Å². The highest BCUT2D eigenvalue weighted by Crippen LogP contribution is 2.47. The Morgan fingerprint density at radius 1 is 1.41 bits per heavy atom. The lowest BCUT2D eigenvalue weighted by Crippen LogP contribution is -2.57. The minimum atomic E-state index is -1.36. The first kappa shape index (κ1) is 12.1. The molecule has 17 heavy (non-hydrogen) atoms. The van der Waals surface area contributed by atoms with Gasteiger partial charge in [-0.1, -0.05) is 13.8 Å². The number of carboxylic acid groups (broad SMARTS) is 1. The van der Waals surface area contributed by atoms with E-state index in [-0.39, 0.29) is 24.2 Å². The number of nitrogens with zero attached hydrogens (tertiary/aromatic N) is 1. The summed E-state index contributed by atoms with van der Waals surface area (Å²) in [6, 6.07) is 0. The molecule has 0 spiro atoms.